The van der Waals surface area contributed by atoms with Crippen molar-refractivity contribution in [3.05, 3.63) is 41.1 Å². The van der Waals surface area contributed by atoms with Crippen LogP contribution in [0.5, 0.6) is 5.75 Å². The lowest BCUT2D eigenvalue weighted by molar-refractivity contribution is -0.137. The van der Waals surface area contributed by atoms with Crippen molar-refractivity contribution in [1.82, 2.24) is 10.2 Å². The fraction of sp³-hybridized carbons (Fsp3) is 0.357. The number of carboxylic acid groups (broad SMARTS) is 1. The minimum atomic E-state index is -0.840. The molecule has 112 valence electrons. The second kappa shape index (κ2) is 7.08. The van der Waals surface area contributed by atoms with Crippen molar-refractivity contribution < 1.29 is 19.1 Å². The fourth-order valence-electron chi connectivity index (χ4n) is 1.72. The maximum absolute atomic E-state index is 10.4. The quantitative estimate of drug-likeness (QED) is 0.844. The summed E-state index contributed by atoms with van der Waals surface area (Å²) in [6.07, 6.45) is 0.555. The van der Waals surface area contributed by atoms with Crippen molar-refractivity contribution in [1.29, 1.82) is 0 Å². The summed E-state index contributed by atoms with van der Waals surface area (Å²) in [5.41, 5.74) is 0. The van der Waals surface area contributed by atoms with Crippen LogP contribution >= 0.6 is 11.6 Å². The van der Waals surface area contributed by atoms with Gasteiger partial charge in [0.15, 0.2) is 6.10 Å². The van der Waals surface area contributed by atoms with Crippen LogP contribution in [0.4, 0.5) is 0 Å². The molecule has 0 aliphatic heterocycles. The van der Waals surface area contributed by atoms with Gasteiger partial charge in [-0.05, 0) is 31.5 Å². The summed E-state index contributed by atoms with van der Waals surface area (Å²) in [7, 11) is 0. The molecule has 0 spiro atoms. The smallest absolute Gasteiger partial charge is 0.303 e. The molecule has 2 rings (SSSR count). The second-order valence-corrected chi connectivity index (χ2v) is 4.94. The molecule has 6 nitrogen and oxygen atoms in total. The summed E-state index contributed by atoms with van der Waals surface area (Å²) in [4.78, 5) is 10.4. The molecule has 1 aromatic heterocycles. The van der Waals surface area contributed by atoms with Crippen LogP contribution in [0.2, 0.25) is 5.02 Å². The standard InChI is InChI=1S/C14H15ClN2O4/c1-9(20-11-5-2-4-10(15)8-11)14-17-16-12(21-14)6-3-7-13(18)19/h2,4-5,8-9H,3,6-7H2,1H3,(H,18,19). The Morgan fingerprint density at radius 1 is 1.48 bits per heavy atom. The Morgan fingerprint density at radius 3 is 3.00 bits per heavy atom. The highest BCUT2D eigenvalue weighted by molar-refractivity contribution is 6.30. The van der Waals surface area contributed by atoms with E-state index in [0.29, 0.717) is 35.4 Å². The van der Waals surface area contributed by atoms with Gasteiger partial charge < -0.3 is 14.3 Å². The van der Waals surface area contributed by atoms with Crippen molar-refractivity contribution in [2.45, 2.75) is 32.3 Å². The highest BCUT2D eigenvalue weighted by Crippen LogP contribution is 2.23. The Labute approximate surface area is 126 Å². The van der Waals surface area contributed by atoms with E-state index in [1.807, 2.05) is 0 Å². The zero-order chi connectivity index (χ0) is 15.2. The first-order valence-corrected chi connectivity index (χ1v) is 6.88. The molecule has 0 fully saturated rings. The maximum atomic E-state index is 10.4. The molecule has 0 saturated heterocycles. The molecule has 7 heteroatoms. The van der Waals surface area contributed by atoms with E-state index in [1.165, 1.54) is 0 Å². The average molecular weight is 311 g/mol. The number of hydrogen-bond acceptors (Lipinski definition) is 5. The normalized spacial score (nSPS) is 12.1. The molecule has 0 aliphatic carbocycles. The first-order valence-electron chi connectivity index (χ1n) is 6.51. The van der Waals surface area contributed by atoms with Crippen LogP contribution in [0.15, 0.2) is 28.7 Å². The van der Waals surface area contributed by atoms with Crippen molar-refractivity contribution in [2.75, 3.05) is 0 Å². The lowest BCUT2D eigenvalue weighted by Crippen LogP contribution is -2.03. The van der Waals surface area contributed by atoms with Gasteiger partial charge in [-0.15, -0.1) is 10.2 Å². The molecule has 21 heavy (non-hydrogen) atoms. The molecular formula is C14H15ClN2O4. The number of hydrogen-bond donors (Lipinski definition) is 1. The van der Waals surface area contributed by atoms with Gasteiger partial charge >= 0.3 is 5.97 Å². The molecule has 0 saturated carbocycles. The Morgan fingerprint density at radius 2 is 2.29 bits per heavy atom. The van der Waals surface area contributed by atoms with E-state index in [2.05, 4.69) is 10.2 Å². The van der Waals surface area contributed by atoms with Gasteiger partial charge in [0, 0.05) is 17.9 Å². The average Bonchev–Trinajstić information content (AvgIpc) is 2.87. The molecule has 1 atom stereocenters. The Hall–Kier alpha value is -2.08. The lowest BCUT2D eigenvalue weighted by Gasteiger charge is -2.10. The van der Waals surface area contributed by atoms with Gasteiger partial charge in [-0.1, -0.05) is 17.7 Å². The zero-order valence-electron chi connectivity index (χ0n) is 11.5. The van der Waals surface area contributed by atoms with Crippen LogP contribution in [-0.4, -0.2) is 21.3 Å². The first-order chi connectivity index (χ1) is 10.0. The molecular weight excluding hydrogens is 296 g/mol. The maximum Gasteiger partial charge on any atom is 0.303 e. The number of ether oxygens (including phenoxy) is 1. The number of carboxylic acids is 1. The summed E-state index contributed by atoms with van der Waals surface area (Å²) < 4.78 is 11.1. The molecule has 2 aromatic rings. The van der Waals surface area contributed by atoms with Gasteiger partial charge in [0.1, 0.15) is 5.75 Å². The third-order valence-electron chi connectivity index (χ3n) is 2.72. The topological polar surface area (TPSA) is 85.5 Å². The minimum absolute atomic E-state index is 0.0757. The van der Waals surface area contributed by atoms with E-state index in [-0.39, 0.29) is 6.42 Å². The highest BCUT2D eigenvalue weighted by Gasteiger charge is 2.16. The van der Waals surface area contributed by atoms with Gasteiger partial charge in [0.05, 0.1) is 0 Å². The molecule has 1 N–H and O–H groups in total. The Kier molecular flexibility index (Phi) is 5.16. The summed E-state index contributed by atoms with van der Waals surface area (Å²) in [5.74, 6) is 0.529. The van der Waals surface area contributed by atoms with E-state index in [1.54, 1.807) is 31.2 Å². The minimum Gasteiger partial charge on any atom is -0.481 e. The van der Waals surface area contributed by atoms with Crippen molar-refractivity contribution >= 4 is 17.6 Å². The summed E-state index contributed by atoms with van der Waals surface area (Å²) >= 11 is 5.88. The molecule has 1 heterocycles. The van der Waals surface area contributed by atoms with Gasteiger partial charge in [-0.2, -0.15) is 0 Å². The zero-order valence-corrected chi connectivity index (χ0v) is 12.2. The summed E-state index contributed by atoms with van der Waals surface area (Å²) in [6.45, 7) is 1.79. The molecule has 0 aliphatic rings. The number of nitrogens with zero attached hydrogens (tertiary/aromatic N) is 2. The first kappa shape index (κ1) is 15.3. The van der Waals surface area contributed by atoms with Crippen LogP contribution in [0.3, 0.4) is 0 Å². The second-order valence-electron chi connectivity index (χ2n) is 4.50. The third kappa shape index (κ3) is 4.75. The van der Waals surface area contributed by atoms with Crippen molar-refractivity contribution in [2.24, 2.45) is 0 Å². The van der Waals surface area contributed by atoms with Crippen LogP contribution < -0.4 is 4.74 Å². The van der Waals surface area contributed by atoms with Crippen LogP contribution in [0.1, 0.15) is 37.7 Å². The van der Waals surface area contributed by atoms with Crippen LogP contribution in [0, 0.1) is 0 Å². The number of carbonyl (C=O) groups is 1. The summed E-state index contributed by atoms with van der Waals surface area (Å²) in [6, 6.07) is 7.02. The number of aliphatic carboxylic acids is 1. The number of aryl methyl sites for hydroxylation is 1. The molecule has 0 amide bonds. The summed E-state index contributed by atoms with van der Waals surface area (Å²) in [5, 5.41) is 16.9. The van der Waals surface area contributed by atoms with E-state index in [0.717, 1.165) is 0 Å². The highest BCUT2D eigenvalue weighted by atomic mass is 35.5. The third-order valence-corrected chi connectivity index (χ3v) is 2.96. The molecule has 0 bridgehead atoms. The number of rotatable bonds is 7. The monoisotopic (exact) mass is 310 g/mol. The molecule has 0 radical (unpaired) electrons. The Bertz CT molecular complexity index is 615. The number of aromatic nitrogens is 2. The van der Waals surface area contributed by atoms with E-state index < -0.39 is 12.1 Å². The van der Waals surface area contributed by atoms with E-state index >= 15 is 0 Å². The van der Waals surface area contributed by atoms with Crippen molar-refractivity contribution in [3.63, 3.8) is 0 Å². The fourth-order valence-corrected chi connectivity index (χ4v) is 1.90. The van der Waals surface area contributed by atoms with Gasteiger partial charge in [-0.3, -0.25) is 4.79 Å². The van der Waals surface area contributed by atoms with Gasteiger partial charge in [0.2, 0.25) is 5.89 Å². The predicted molar refractivity (Wildman–Crippen MR) is 75.4 cm³/mol. The number of benzene rings is 1. The largest absolute Gasteiger partial charge is 0.481 e. The van der Waals surface area contributed by atoms with Crippen molar-refractivity contribution in [3.8, 4) is 5.75 Å². The van der Waals surface area contributed by atoms with E-state index in [4.69, 9.17) is 25.9 Å². The van der Waals surface area contributed by atoms with E-state index in [9.17, 15) is 4.79 Å². The lowest BCUT2D eigenvalue weighted by atomic mass is 10.2. The van der Waals surface area contributed by atoms with Crippen LogP contribution in [-0.2, 0) is 11.2 Å². The SMILES string of the molecule is CC(Oc1cccc(Cl)c1)c1nnc(CCCC(=O)O)o1. The molecule has 1 unspecified atom stereocenters. The van der Waals surface area contributed by atoms with Crippen LogP contribution in [0.25, 0.3) is 0 Å². The van der Waals surface area contributed by atoms with Gasteiger partial charge in [-0.25, -0.2) is 0 Å². The van der Waals surface area contributed by atoms with Gasteiger partial charge in [0.25, 0.3) is 5.89 Å². The predicted octanol–water partition coefficient (Wildman–Crippen LogP) is 3.27. The molecule has 1 aromatic carbocycles. The Balaban J connectivity index is 1.92. The number of halogens is 1.